The molecule has 0 aliphatic heterocycles. The van der Waals surface area contributed by atoms with Gasteiger partial charge in [0, 0.05) is 23.8 Å². The van der Waals surface area contributed by atoms with Gasteiger partial charge < -0.3 is 10.4 Å². The van der Waals surface area contributed by atoms with Crippen LogP contribution in [0.1, 0.15) is 37.9 Å². The highest BCUT2D eigenvalue weighted by Gasteiger charge is 2.51. The number of aliphatic carboxylic acids is 1. The van der Waals surface area contributed by atoms with E-state index in [1.54, 1.807) is 11.3 Å². The molecule has 0 spiro atoms. The van der Waals surface area contributed by atoms with Crippen molar-refractivity contribution >= 4 is 23.2 Å². The van der Waals surface area contributed by atoms with E-state index in [9.17, 15) is 14.7 Å². The van der Waals surface area contributed by atoms with Gasteiger partial charge in [0.05, 0.1) is 22.5 Å². The second kappa shape index (κ2) is 6.31. The number of carbonyl (C=O) groups is 2. The Bertz CT molecular complexity index is 674. The van der Waals surface area contributed by atoms with Gasteiger partial charge in [-0.05, 0) is 18.3 Å². The Hall–Kier alpha value is -1.69. The highest BCUT2D eigenvalue weighted by atomic mass is 32.1. The maximum atomic E-state index is 12.5. The highest BCUT2D eigenvalue weighted by molar-refractivity contribution is 7.09. The average Bonchev–Trinajstić information content (AvgIpc) is 3.20. The summed E-state index contributed by atoms with van der Waals surface area (Å²) in [5, 5.41) is 15.5. The predicted molar refractivity (Wildman–Crippen MR) is 92.9 cm³/mol. The van der Waals surface area contributed by atoms with Crippen LogP contribution in [0.25, 0.3) is 0 Å². The van der Waals surface area contributed by atoms with Crippen LogP contribution in [-0.2, 0) is 21.4 Å². The van der Waals surface area contributed by atoms with Gasteiger partial charge in [0.15, 0.2) is 0 Å². The molecule has 3 rings (SSSR count). The third kappa shape index (κ3) is 3.24. The normalized spacial score (nSPS) is 28.3. The maximum absolute atomic E-state index is 12.5. The number of allylic oxidation sites excluding steroid dienone is 2. The molecule has 2 bridgehead atoms. The minimum atomic E-state index is -0.860. The first-order valence-electron chi connectivity index (χ1n) is 8.41. The molecule has 5 nitrogen and oxygen atoms in total. The van der Waals surface area contributed by atoms with Crippen LogP contribution in [0.5, 0.6) is 0 Å². The number of hydrogen-bond donors (Lipinski definition) is 2. The lowest BCUT2D eigenvalue weighted by Crippen LogP contribution is -2.40. The lowest BCUT2D eigenvalue weighted by atomic mass is 9.82. The summed E-state index contributed by atoms with van der Waals surface area (Å²) >= 11 is 1.64. The molecule has 24 heavy (non-hydrogen) atoms. The Morgan fingerprint density at radius 1 is 1.29 bits per heavy atom. The monoisotopic (exact) mass is 348 g/mol. The molecule has 1 aromatic heterocycles. The van der Waals surface area contributed by atoms with Crippen molar-refractivity contribution in [2.24, 2.45) is 23.7 Å². The molecule has 1 saturated carbocycles. The van der Waals surface area contributed by atoms with Crippen molar-refractivity contribution < 1.29 is 14.7 Å². The first-order chi connectivity index (χ1) is 11.3. The SMILES string of the molecule is CC(C)(C)c1nc(CCNC(=O)C2C3C=CC(C3)C2C(=O)O)cs1. The summed E-state index contributed by atoms with van der Waals surface area (Å²) in [6.45, 7) is 6.89. The van der Waals surface area contributed by atoms with E-state index < -0.39 is 17.8 Å². The van der Waals surface area contributed by atoms with Crippen molar-refractivity contribution in [3.63, 3.8) is 0 Å². The summed E-state index contributed by atoms with van der Waals surface area (Å²) in [5.41, 5.74) is 1.02. The Morgan fingerprint density at radius 2 is 1.96 bits per heavy atom. The fourth-order valence-corrected chi connectivity index (χ4v) is 4.66. The first kappa shape index (κ1) is 17.1. The molecule has 1 heterocycles. The lowest BCUT2D eigenvalue weighted by Gasteiger charge is -2.23. The number of aromatic nitrogens is 1. The summed E-state index contributed by atoms with van der Waals surface area (Å²) in [5.74, 6) is -1.92. The van der Waals surface area contributed by atoms with Crippen molar-refractivity contribution in [2.75, 3.05) is 6.54 Å². The van der Waals surface area contributed by atoms with E-state index >= 15 is 0 Å². The van der Waals surface area contributed by atoms with E-state index in [-0.39, 0.29) is 23.2 Å². The van der Waals surface area contributed by atoms with E-state index in [0.29, 0.717) is 13.0 Å². The van der Waals surface area contributed by atoms with Crippen molar-refractivity contribution in [3.8, 4) is 0 Å². The Balaban J connectivity index is 1.55. The first-order valence-corrected chi connectivity index (χ1v) is 9.29. The van der Waals surface area contributed by atoms with Gasteiger partial charge in [0.2, 0.25) is 5.91 Å². The van der Waals surface area contributed by atoms with Gasteiger partial charge in [-0.3, -0.25) is 9.59 Å². The molecule has 0 radical (unpaired) electrons. The van der Waals surface area contributed by atoms with Crippen molar-refractivity contribution in [3.05, 3.63) is 28.2 Å². The second-order valence-electron chi connectivity index (χ2n) is 7.77. The van der Waals surface area contributed by atoms with Crippen LogP contribution in [0, 0.1) is 23.7 Å². The molecule has 4 atom stereocenters. The minimum Gasteiger partial charge on any atom is -0.481 e. The molecule has 6 heteroatoms. The molecule has 2 aliphatic carbocycles. The van der Waals surface area contributed by atoms with E-state index in [4.69, 9.17) is 0 Å². The Kier molecular flexibility index (Phi) is 4.51. The number of carbonyl (C=O) groups excluding carboxylic acids is 1. The van der Waals surface area contributed by atoms with E-state index in [0.717, 1.165) is 17.1 Å². The molecular weight excluding hydrogens is 324 g/mol. The van der Waals surface area contributed by atoms with Gasteiger partial charge >= 0.3 is 5.97 Å². The van der Waals surface area contributed by atoms with Crippen LogP contribution in [0.4, 0.5) is 0 Å². The predicted octanol–water partition coefficient (Wildman–Crippen LogP) is 2.62. The van der Waals surface area contributed by atoms with E-state index in [1.165, 1.54) is 0 Å². The molecule has 2 N–H and O–H groups in total. The second-order valence-corrected chi connectivity index (χ2v) is 8.63. The maximum Gasteiger partial charge on any atom is 0.307 e. The third-order valence-electron chi connectivity index (χ3n) is 4.92. The molecule has 1 amide bonds. The van der Waals surface area contributed by atoms with E-state index in [1.807, 2.05) is 17.5 Å². The van der Waals surface area contributed by atoms with Crippen LogP contribution in [-0.4, -0.2) is 28.5 Å². The number of nitrogens with one attached hydrogen (secondary N) is 1. The molecule has 0 aromatic carbocycles. The van der Waals surface area contributed by atoms with E-state index in [2.05, 4.69) is 31.1 Å². The standard InChI is InChI=1S/C18H24N2O3S/c1-18(2,3)17-20-12(9-24-17)6-7-19-15(21)13-10-4-5-11(8-10)14(13)16(22)23/h4-5,9-11,13-14H,6-8H2,1-3H3,(H,19,21)(H,22,23). The van der Waals surface area contributed by atoms with Gasteiger partial charge in [0.1, 0.15) is 0 Å². The van der Waals surface area contributed by atoms with Gasteiger partial charge in [-0.15, -0.1) is 11.3 Å². The van der Waals surface area contributed by atoms with Crippen LogP contribution in [0.15, 0.2) is 17.5 Å². The number of rotatable bonds is 5. The topological polar surface area (TPSA) is 79.3 Å². The summed E-state index contributed by atoms with van der Waals surface area (Å²) < 4.78 is 0. The average molecular weight is 348 g/mol. The molecule has 2 aliphatic rings. The number of nitrogens with zero attached hydrogens (tertiary/aromatic N) is 1. The Morgan fingerprint density at radius 3 is 2.54 bits per heavy atom. The van der Waals surface area contributed by atoms with Gasteiger partial charge in [-0.2, -0.15) is 0 Å². The molecule has 0 saturated heterocycles. The fraction of sp³-hybridized carbons (Fsp3) is 0.611. The zero-order valence-corrected chi connectivity index (χ0v) is 15.1. The van der Waals surface area contributed by atoms with Crippen molar-refractivity contribution in [1.29, 1.82) is 0 Å². The minimum absolute atomic E-state index is 0.0103. The number of carboxylic acids is 1. The number of fused-ring (bicyclic) bond motifs is 2. The third-order valence-corrected chi connectivity index (χ3v) is 6.24. The molecule has 1 fully saturated rings. The lowest BCUT2D eigenvalue weighted by molar-refractivity contribution is -0.147. The molecule has 130 valence electrons. The van der Waals surface area contributed by atoms with Crippen molar-refractivity contribution in [2.45, 2.75) is 39.0 Å². The van der Waals surface area contributed by atoms with Crippen LogP contribution < -0.4 is 5.32 Å². The molecule has 4 unspecified atom stereocenters. The van der Waals surface area contributed by atoms with Gasteiger partial charge in [-0.1, -0.05) is 32.9 Å². The Labute approximate surface area is 146 Å². The summed E-state index contributed by atoms with van der Waals surface area (Å²) in [6, 6.07) is 0. The largest absolute Gasteiger partial charge is 0.481 e. The number of hydrogen-bond acceptors (Lipinski definition) is 4. The summed E-state index contributed by atoms with van der Waals surface area (Å²) in [6.07, 6.45) is 5.42. The van der Waals surface area contributed by atoms with Crippen molar-refractivity contribution in [1.82, 2.24) is 10.3 Å². The number of thiazole rings is 1. The molecular formula is C18H24N2O3S. The van der Waals surface area contributed by atoms with Crippen LogP contribution in [0.3, 0.4) is 0 Å². The fourth-order valence-electron chi connectivity index (χ4n) is 3.71. The summed E-state index contributed by atoms with van der Waals surface area (Å²) in [4.78, 5) is 28.6. The van der Waals surface area contributed by atoms with Gasteiger partial charge in [0.25, 0.3) is 0 Å². The number of carboxylic acid groups (broad SMARTS) is 1. The zero-order chi connectivity index (χ0) is 17.5. The van der Waals surface area contributed by atoms with Crippen LogP contribution >= 0.6 is 11.3 Å². The molecule has 1 aromatic rings. The summed E-state index contributed by atoms with van der Waals surface area (Å²) in [7, 11) is 0. The zero-order valence-electron chi connectivity index (χ0n) is 14.3. The van der Waals surface area contributed by atoms with Gasteiger partial charge in [-0.25, -0.2) is 4.98 Å². The smallest absolute Gasteiger partial charge is 0.307 e. The number of amides is 1. The quantitative estimate of drug-likeness (QED) is 0.802. The highest BCUT2D eigenvalue weighted by Crippen LogP contribution is 2.48. The van der Waals surface area contributed by atoms with Crippen LogP contribution in [0.2, 0.25) is 0 Å².